The number of aryl methyl sites for hydroxylation is 1. The molecule has 6 nitrogen and oxygen atoms in total. The van der Waals surface area contributed by atoms with Crippen molar-refractivity contribution in [2.45, 2.75) is 32.1 Å². The molecule has 6 heteroatoms. The third-order valence-corrected chi connectivity index (χ3v) is 6.96. The summed E-state index contributed by atoms with van der Waals surface area (Å²) in [5.74, 6) is 1.27. The Morgan fingerprint density at radius 2 is 1.82 bits per heavy atom. The Labute approximate surface area is 198 Å². The molecule has 4 heterocycles. The van der Waals surface area contributed by atoms with Gasteiger partial charge in [0.05, 0.1) is 17.5 Å². The first-order valence-electron chi connectivity index (χ1n) is 11.9. The number of benzene rings is 2. The van der Waals surface area contributed by atoms with Crippen LogP contribution in [0.2, 0.25) is 0 Å². The average Bonchev–Trinajstić information content (AvgIpc) is 3.49. The van der Waals surface area contributed by atoms with Crippen LogP contribution in [-0.2, 0) is 6.42 Å². The van der Waals surface area contributed by atoms with Crippen LogP contribution in [0.15, 0.2) is 72.9 Å². The average molecular weight is 450 g/mol. The summed E-state index contributed by atoms with van der Waals surface area (Å²) in [7, 11) is 0. The minimum absolute atomic E-state index is 0.0367. The minimum atomic E-state index is -0.0367. The van der Waals surface area contributed by atoms with Gasteiger partial charge in [0, 0.05) is 30.7 Å². The number of nitrogens with zero attached hydrogens (tertiary/aromatic N) is 4. The molecular formula is C28H27N5O. The summed E-state index contributed by atoms with van der Waals surface area (Å²) in [6.45, 7) is 4.08. The van der Waals surface area contributed by atoms with Crippen LogP contribution in [0.3, 0.4) is 0 Å². The van der Waals surface area contributed by atoms with E-state index in [1.165, 1.54) is 11.3 Å². The van der Waals surface area contributed by atoms with Crippen LogP contribution >= 0.6 is 0 Å². The molecule has 1 aliphatic rings. The molecule has 34 heavy (non-hydrogen) atoms. The molecule has 1 saturated heterocycles. The van der Waals surface area contributed by atoms with Crippen LogP contribution in [0.25, 0.3) is 16.7 Å². The van der Waals surface area contributed by atoms with Crippen molar-refractivity contribution in [2.24, 2.45) is 0 Å². The Morgan fingerprint density at radius 3 is 2.62 bits per heavy atom. The molecular weight excluding hydrogens is 422 g/mol. The van der Waals surface area contributed by atoms with E-state index in [-0.39, 0.29) is 12.2 Å². The molecule has 0 atom stereocenters. The summed E-state index contributed by atoms with van der Waals surface area (Å²) in [6.07, 6.45) is 4.33. The SMILES string of the molecule is Cc1cccc2nc(C(=O)Cc3nc4ccc(N5CCC(c6ccccc6)CC5)cc4[nH]3)cn12. The van der Waals surface area contributed by atoms with Gasteiger partial charge in [-0.2, -0.15) is 0 Å². The van der Waals surface area contributed by atoms with Gasteiger partial charge in [0.15, 0.2) is 5.78 Å². The quantitative estimate of drug-likeness (QED) is 0.369. The van der Waals surface area contributed by atoms with Gasteiger partial charge in [-0.05, 0) is 61.6 Å². The lowest BCUT2D eigenvalue weighted by Gasteiger charge is -2.33. The van der Waals surface area contributed by atoms with Gasteiger partial charge in [0.2, 0.25) is 0 Å². The number of imidazole rings is 2. The van der Waals surface area contributed by atoms with Crippen LogP contribution < -0.4 is 4.90 Å². The second kappa shape index (κ2) is 8.45. The number of hydrogen-bond acceptors (Lipinski definition) is 4. The van der Waals surface area contributed by atoms with E-state index >= 15 is 0 Å². The number of nitrogens with one attached hydrogen (secondary N) is 1. The normalized spacial score (nSPS) is 14.8. The summed E-state index contributed by atoms with van der Waals surface area (Å²) in [5, 5.41) is 0. The highest BCUT2D eigenvalue weighted by molar-refractivity contribution is 5.96. The molecule has 0 spiro atoms. The van der Waals surface area contributed by atoms with Crippen molar-refractivity contribution in [2.75, 3.05) is 18.0 Å². The summed E-state index contributed by atoms with van der Waals surface area (Å²) in [5.41, 5.74) is 6.81. The predicted molar refractivity (Wildman–Crippen MR) is 135 cm³/mol. The minimum Gasteiger partial charge on any atom is -0.371 e. The highest BCUT2D eigenvalue weighted by Crippen LogP contribution is 2.31. The number of aromatic amines is 1. The molecule has 6 rings (SSSR count). The zero-order valence-electron chi connectivity index (χ0n) is 19.2. The van der Waals surface area contributed by atoms with E-state index in [0.717, 1.165) is 48.3 Å². The van der Waals surface area contributed by atoms with Gasteiger partial charge in [0.25, 0.3) is 0 Å². The Kier molecular flexibility index (Phi) is 5.13. The second-order valence-corrected chi connectivity index (χ2v) is 9.18. The van der Waals surface area contributed by atoms with Gasteiger partial charge in [-0.25, -0.2) is 9.97 Å². The molecule has 0 amide bonds. The number of Topliss-reactive ketones (excluding diaryl/α,β-unsaturated/α-hetero) is 1. The summed E-state index contributed by atoms with van der Waals surface area (Å²) >= 11 is 0. The van der Waals surface area contributed by atoms with Crippen molar-refractivity contribution in [3.05, 3.63) is 95.7 Å². The molecule has 1 N–H and O–H groups in total. The number of piperidine rings is 1. The highest BCUT2D eigenvalue weighted by Gasteiger charge is 2.21. The van der Waals surface area contributed by atoms with E-state index in [0.29, 0.717) is 17.4 Å². The number of anilines is 1. The van der Waals surface area contributed by atoms with Crippen molar-refractivity contribution in [3.63, 3.8) is 0 Å². The van der Waals surface area contributed by atoms with Crippen LogP contribution in [0.5, 0.6) is 0 Å². The first-order chi connectivity index (χ1) is 16.6. The van der Waals surface area contributed by atoms with Crippen LogP contribution in [0.4, 0.5) is 5.69 Å². The topological polar surface area (TPSA) is 66.3 Å². The number of ketones is 1. The summed E-state index contributed by atoms with van der Waals surface area (Å²) in [4.78, 5) is 27.9. The number of aromatic nitrogens is 4. The fourth-order valence-corrected chi connectivity index (χ4v) is 5.05. The smallest absolute Gasteiger partial charge is 0.190 e. The number of fused-ring (bicyclic) bond motifs is 2. The molecule has 0 saturated carbocycles. The molecule has 1 aliphatic heterocycles. The van der Waals surface area contributed by atoms with Crippen LogP contribution in [-0.4, -0.2) is 38.2 Å². The molecule has 0 unspecified atom stereocenters. The number of carbonyl (C=O) groups excluding carboxylic acids is 1. The summed E-state index contributed by atoms with van der Waals surface area (Å²) in [6, 6.07) is 23.0. The number of rotatable bonds is 5. The van der Waals surface area contributed by atoms with Gasteiger partial charge >= 0.3 is 0 Å². The fourth-order valence-electron chi connectivity index (χ4n) is 5.05. The van der Waals surface area contributed by atoms with E-state index in [9.17, 15) is 4.79 Å². The van der Waals surface area contributed by atoms with Crippen LogP contribution in [0.1, 0.15) is 46.3 Å². The largest absolute Gasteiger partial charge is 0.371 e. The lowest BCUT2D eigenvalue weighted by atomic mass is 9.89. The second-order valence-electron chi connectivity index (χ2n) is 9.18. The third kappa shape index (κ3) is 3.85. The van der Waals surface area contributed by atoms with E-state index in [2.05, 4.69) is 62.3 Å². The van der Waals surface area contributed by atoms with E-state index < -0.39 is 0 Å². The van der Waals surface area contributed by atoms with E-state index in [1.54, 1.807) is 0 Å². The van der Waals surface area contributed by atoms with E-state index in [1.807, 2.05) is 41.8 Å². The Hall–Kier alpha value is -3.93. The van der Waals surface area contributed by atoms with Gasteiger partial charge in [-0.3, -0.25) is 4.79 Å². The number of pyridine rings is 1. The van der Waals surface area contributed by atoms with Gasteiger partial charge in [0.1, 0.15) is 17.2 Å². The highest BCUT2D eigenvalue weighted by atomic mass is 16.1. The zero-order chi connectivity index (χ0) is 23.1. The Bertz CT molecular complexity index is 1480. The third-order valence-electron chi connectivity index (χ3n) is 6.96. The maximum atomic E-state index is 12.9. The maximum Gasteiger partial charge on any atom is 0.190 e. The zero-order valence-corrected chi connectivity index (χ0v) is 19.2. The molecule has 170 valence electrons. The molecule has 0 radical (unpaired) electrons. The molecule has 0 bridgehead atoms. The van der Waals surface area contributed by atoms with Crippen molar-refractivity contribution in [1.29, 1.82) is 0 Å². The van der Waals surface area contributed by atoms with Gasteiger partial charge < -0.3 is 14.3 Å². The lowest BCUT2D eigenvalue weighted by molar-refractivity contribution is 0.0987. The lowest BCUT2D eigenvalue weighted by Crippen LogP contribution is -2.32. The maximum absolute atomic E-state index is 12.9. The molecule has 1 fully saturated rings. The Morgan fingerprint density at radius 1 is 1.00 bits per heavy atom. The molecule has 5 aromatic rings. The van der Waals surface area contributed by atoms with Crippen molar-refractivity contribution >= 4 is 28.2 Å². The number of H-pyrrole nitrogens is 1. The fraction of sp³-hybridized carbons (Fsp3) is 0.250. The first-order valence-corrected chi connectivity index (χ1v) is 11.9. The monoisotopic (exact) mass is 449 g/mol. The van der Waals surface area contributed by atoms with Crippen molar-refractivity contribution < 1.29 is 4.79 Å². The van der Waals surface area contributed by atoms with Crippen LogP contribution in [0, 0.1) is 6.92 Å². The summed E-state index contributed by atoms with van der Waals surface area (Å²) < 4.78 is 1.94. The van der Waals surface area contributed by atoms with Gasteiger partial charge in [-0.1, -0.05) is 36.4 Å². The standard InChI is InChI=1S/C28H27N5O/c1-19-6-5-9-28-31-25(18-33(19)28)26(34)17-27-29-23-11-10-22(16-24(23)30-27)32-14-12-21(13-15-32)20-7-3-2-4-8-20/h2-11,16,18,21H,12-15,17H2,1H3,(H,29,30). The van der Waals surface area contributed by atoms with Crippen molar-refractivity contribution in [1.82, 2.24) is 19.4 Å². The number of hydrogen-bond donors (Lipinski definition) is 1. The van der Waals surface area contributed by atoms with Crippen molar-refractivity contribution in [3.8, 4) is 0 Å². The number of carbonyl (C=O) groups is 1. The predicted octanol–water partition coefficient (Wildman–Crippen LogP) is 5.33. The Balaban J connectivity index is 1.16. The first kappa shape index (κ1) is 20.7. The van der Waals surface area contributed by atoms with E-state index in [4.69, 9.17) is 0 Å². The molecule has 0 aliphatic carbocycles. The molecule has 2 aromatic carbocycles. The molecule has 3 aromatic heterocycles. The van der Waals surface area contributed by atoms with Gasteiger partial charge in [-0.15, -0.1) is 0 Å².